The minimum atomic E-state index is -1.30. The van der Waals surface area contributed by atoms with E-state index in [0.29, 0.717) is 19.9 Å². The molecule has 0 unspecified atom stereocenters. The van der Waals surface area contributed by atoms with Gasteiger partial charge in [-0.15, -0.1) is 46.2 Å². The van der Waals surface area contributed by atoms with Gasteiger partial charge >= 0.3 is 5.97 Å². The van der Waals surface area contributed by atoms with E-state index < -0.39 is 40.7 Å². The van der Waals surface area contributed by atoms with Gasteiger partial charge in [-0.2, -0.15) is 0 Å². The summed E-state index contributed by atoms with van der Waals surface area (Å²) < 4.78 is 14.7. The molecule has 2 aromatic heterocycles. The normalized spacial score (nSPS) is 19.3. The van der Waals surface area contributed by atoms with E-state index in [0.717, 1.165) is 16.2 Å². The Morgan fingerprint density at radius 2 is 2.11 bits per heavy atom. The smallest absolute Gasteiger partial charge is 0.352 e. The van der Waals surface area contributed by atoms with Crippen LogP contribution in [0.4, 0.5) is 9.52 Å². The van der Waals surface area contributed by atoms with E-state index >= 15 is 0 Å². The predicted molar refractivity (Wildman–Crippen MR) is 143 cm³/mol. The van der Waals surface area contributed by atoms with Crippen LogP contribution < -0.4 is 16.5 Å². The summed E-state index contributed by atoms with van der Waals surface area (Å²) in [7, 11) is 0. The lowest BCUT2D eigenvalue weighted by molar-refractivity contribution is -0.150. The van der Waals surface area contributed by atoms with Crippen molar-refractivity contribution in [3.05, 3.63) is 62.7 Å². The number of carbonyl (C=O) groups excluding carboxylic acids is 2. The Bertz CT molecular complexity index is 1620. The summed E-state index contributed by atoms with van der Waals surface area (Å²) in [6.07, 6.45) is 0. The van der Waals surface area contributed by atoms with E-state index in [-0.39, 0.29) is 33.5 Å². The Kier molecular flexibility index (Phi) is 7.13. The molecule has 5 rings (SSSR count). The number of halogens is 1. The van der Waals surface area contributed by atoms with Crippen molar-refractivity contribution in [3.8, 4) is 0 Å². The van der Waals surface area contributed by atoms with E-state index in [9.17, 15) is 33.9 Å². The first kappa shape index (κ1) is 26.1. The van der Waals surface area contributed by atoms with E-state index in [2.05, 4.69) is 15.5 Å². The van der Waals surface area contributed by atoms with Crippen molar-refractivity contribution < 1.29 is 29.1 Å². The highest BCUT2D eigenvalue weighted by Crippen LogP contribution is 2.42. The number of nitrogens with two attached hydrogens (primary N) is 1. The fourth-order valence-electron chi connectivity index (χ4n) is 3.95. The molecule has 196 valence electrons. The molecular weight excluding hydrogens is 578 g/mol. The molecule has 16 heteroatoms. The summed E-state index contributed by atoms with van der Waals surface area (Å²) >= 11 is 4.75. The molecule has 11 nitrogen and oxygen atoms in total. The molecular formula is C22H16FN5O6S4. The second-order valence-corrected chi connectivity index (χ2v) is 12.4. The summed E-state index contributed by atoms with van der Waals surface area (Å²) in [6, 6.07) is 4.30. The predicted octanol–water partition coefficient (Wildman–Crippen LogP) is 2.15. The third-order valence-electron chi connectivity index (χ3n) is 5.67. The van der Waals surface area contributed by atoms with Gasteiger partial charge in [0.2, 0.25) is 0 Å². The second kappa shape index (κ2) is 10.4. The Labute approximate surface area is 229 Å². The molecule has 1 aromatic carbocycles. The van der Waals surface area contributed by atoms with Crippen LogP contribution in [0.15, 0.2) is 55.1 Å². The number of oxime groups is 1. The Morgan fingerprint density at radius 1 is 1.32 bits per heavy atom. The number of nitrogen functional groups attached to an aromatic ring is 1. The molecule has 5 N–H and O–H groups in total. The first-order chi connectivity index (χ1) is 18.2. The van der Waals surface area contributed by atoms with Crippen LogP contribution >= 0.6 is 46.2 Å². The minimum absolute atomic E-state index is 0.0385. The van der Waals surface area contributed by atoms with Crippen molar-refractivity contribution in [1.29, 1.82) is 0 Å². The van der Waals surface area contributed by atoms with Crippen LogP contribution in [0.3, 0.4) is 0 Å². The molecule has 0 bridgehead atoms. The lowest BCUT2D eigenvalue weighted by Crippen LogP contribution is -2.71. The van der Waals surface area contributed by atoms with E-state index in [1.54, 1.807) is 0 Å². The van der Waals surface area contributed by atoms with Crippen molar-refractivity contribution in [3.63, 3.8) is 0 Å². The molecule has 2 amide bonds. The van der Waals surface area contributed by atoms with E-state index in [1.165, 1.54) is 64.5 Å². The monoisotopic (exact) mass is 593 g/mol. The maximum absolute atomic E-state index is 13.6. The van der Waals surface area contributed by atoms with Crippen LogP contribution in [-0.2, 0) is 14.4 Å². The molecule has 1 fully saturated rings. The molecule has 0 radical (unpaired) electrons. The fourth-order valence-corrected chi connectivity index (χ4v) is 8.23. The molecule has 38 heavy (non-hydrogen) atoms. The first-order valence-electron chi connectivity index (χ1n) is 10.7. The fraction of sp³-hybridized carbons (Fsp3) is 0.182. The number of hydrogen-bond acceptors (Lipinski definition) is 12. The van der Waals surface area contributed by atoms with Gasteiger partial charge in [0, 0.05) is 33.0 Å². The molecule has 0 aliphatic carbocycles. The number of thiazole rings is 1. The molecule has 2 aliphatic heterocycles. The van der Waals surface area contributed by atoms with Crippen LogP contribution in [0.5, 0.6) is 0 Å². The molecule has 1 saturated heterocycles. The maximum Gasteiger partial charge on any atom is 0.352 e. The number of β-lactam (4-membered cyclic amide) rings is 1. The zero-order valence-corrected chi connectivity index (χ0v) is 22.2. The number of benzene rings is 1. The number of carbonyl (C=O) groups is 3. The van der Waals surface area contributed by atoms with Gasteiger partial charge in [0.1, 0.15) is 28.6 Å². The minimum Gasteiger partial charge on any atom is -0.477 e. The maximum atomic E-state index is 13.6. The van der Waals surface area contributed by atoms with Crippen molar-refractivity contribution in [2.45, 2.75) is 15.6 Å². The Morgan fingerprint density at radius 3 is 2.79 bits per heavy atom. The van der Waals surface area contributed by atoms with Gasteiger partial charge in [-0.3, -0.25) is 19.3 Å². The Hall–Kier alpha value is -3.47. The standard InChI is InChI=1S/C22H16FN5O6S4/c23-9-1-2-10-12(29)4-14(38-13(10)3-9)35-5-8-6-36-20-16(19(31)28(20)17(8)21(32)33)26-18(30)15(27-34)11-7-37-22(24)25-11/h1-4,7,16,20,34H,5-6H2,(H2,24,25)(H,26,30)(H,32,33)/b27-15+/t16-,20-/m1/s1. The molecule has 2 aliphatic rings. The zero-order chi connectivity index (χ0) is 27.1. The molecule has 2 atom stereocenters. The average molecular weight is 594 g/mol. The number of amides is 2. The summed E-state index contributed by atoms with van der Waals surface area (Å²) in [4.78, 5) is 55.1. The highest BCUT2D eigenvalue weighted by atomic mass is 32.2. The summed E-state index contributed by atoms with van der Waals surface area (Å²) in [5.74, 6) is -2.81. The van der Waals surface area contributed by atoms with Crippen LogP contribution in [0.25, 0.3) is 10.1 Å². The highest BCUT2D eigenvalue weighted by Gasteiger charge is 2.54. The van der Waals surface area contributed by atoms with E-state index in [4.69, 9.17) is 5.73 Å². The summed E-state index contributed by atoms with van der Waals surface area (Å²) in [5, 5.41) is 25.9. The quantitative estimate of drug-likeness (QED) is 0.104. The van der Waals surface area contributed by atoms with Gasteiger partial charge in [0.25, 0.3) is 11.8 Å². The lowest BCUT2D eigenvalue weighted by atomic mass is 10.0. The molecule has 0 spiro atoms. The van der Waals surface area contributed by atoms with Crippen molar-refractivity contribution in [2.24, 2.45) is 5.16 Å². The number of nitrogens with zero attached hydrogens (tertiary/aromatic N) is 3. The SMILES string of the molecule is Nc1nc(/C(=N\O)C(=O)N[C@@H]2C(=O)N3C(C(=O)O)=C(CSc4cc(=O)c5ccc(F)cc5s4)CS[C@H]23)cs1. The highest BCUT2D eigenvalue weighted by molar-refractivity contribution is 8.02. The van der Waals surface area contributed by atoms with Gasteiger partial charge in [-0.05, 0) is 23.8 Å². The van der Waals surface area contributed by atoms with Crippen LogP contribution in [0.2, 0.25) is 0 Å². The number of fused-ring (bicyclic) bond motifs is 2. The lowest BCUT2D eigenvalue weighted by Gasteiger charge is -2.49. The molecule has 0 saturated carbocycles. The van der Waals surface area contributed by atoms with Crippen LogP contribution in [0.1, 0.15) is 5.69 Å². The number of hydrogen-bond donors (Lipinski definition) is 4. The number of carboxylic acid groups (broad SMARTS) is 1. The second-order valence-electron chi connectivity index (χ2n) is 8.00. The third-order valence-corrected chi connectivity index (χ3v) is 10.1. The van der Waals surface area contributed by atoms with Gasteiger partial charge < -0.3 is 21.4 Å². The number of carboxylic acids is 1. The number of aliphatic carboxylic acids is 1. The number of nitrogens with one attached hydrogen (secondary N) is 1. The van der Waals surface area contributed by atoms with Gasteiger partial charge in [0.15, 0.2) is 16.3 Å². The zero-order valence-electron chi connectivity index (χ0n) is 18.9. The van der Waals surface area contributed by atoms with Crippen molar-refractivity contribution >= 4 is 84.9 Å². The number of rotatable bonds is 7. The molecule has 4 heterocycles. The first-order valence-corrected chi connectivity index (χ1v) is 14.4. The van der Waals surface area contributed by atoms with Gasteiger partial charge in [-0.1, -0.05) is 5.16 Å². The van der Waals surface area contributed by atoms with Gasteiger partial charge in [-0.25, -0.2) is 14.2 Å². The average Bonchev–Trinajstić information content (AvgIpc) is 3.31. The van der Waals surface area contributed by atoms with Crippen molar-refractivity contribution in [2.75, 3.05) is 17.2 Å². The summed E-state index contributed by atoms with van der Waals surface area (Å²) in [6.45, 7) is 0. The van der Waals surface area contributed by atoms with Crippen LogP contribution in [0, 0.1) is 5.82 Å². The Balaban J connectivity index is 1.32. The third kappa shape index (κ3) is 4.75. The van der Waals surface area contributed by atoms with Crippen LogP contribution in [-0.4, -0.2) is 66.6 Å². The molecule has 3 aromatic rings. The number of anilines is 1. The number of thioether (sulfide) groups is 2. The summed E-state index contributed by atoms with van der Waals surface area (Å²) in [5.41, 5.74) is 5.19. The largest absolute Gasteiger partial charge is 0.477 e. The topological polar surface area (TPSA) is 175 Å². The van der Waals surface area contributed by atoms with Gasteiger partial charge in [0.05, 0.1) is 4.21 Å². The van der Waals surface area contributed by atoms with Crippen molar-refractivity contribution in [1.82, 2.24) is 15.2 Å². The van der Waals surface area contributed by atoms with E-state index in [1.807, 2.05) is 0 Å². The number of aromatic nitrogens is 1.